The second-order valence-corrected chi connectivity index (χ2v) is 11.5. The maximum absolute atomic E-state index is 14.0. The molecule has 9 nitrogen and oxygen atoms in total. The lowest BCUT2D eigenvalue weighted by molar-refractivity contribution is -0.386. The van der Waals surface area contributed by atoms with Crippen LogP contribution >= 0.6 is 33.9 Å². The van der Waals surface area contributed by atoms with Gasteiger partial charge >= 0.3 is 5.69 Å². The molecule has 11 heteroatoms. The Morgan fingerprint density at radius 1 is 1.12 bits per heavy atom. The quantitative estimate of drug-likeness (QED) is 0.190. The molecule has 0 unspecified atom stereocenters. The summed E-state index contributed by atoms with van der Waals surface area (Å²) in [5.74, 6) is 0.748. The number of ether oxygens (including phenoxy) is 2. The number of nitro groups is 1. The number of allylic oxidation sites excluding steroid dienone is 1. The van der Waals surface area contributed by atoms with E-state index in [1.165, 1.54) is 23.0 Å². The molecule has 2 aliphatic rings. The summed E-state index contributed by atoms with van der Waals surface area (Å²) in [6.07, 6.45) is 3.18. The van der Waals surface area contributed by atoms with Crippen molar-refractivity contribution >= 4 is 51.4 Å². The fraction of sp³-hybridized carbons (Fsp3) is 0.172. The van der Waals surface area contributed by atoms with Crippen LogP contribution in [0.3, 0.4) is 0 Å². The summed E-state index contributed by atoms with van der Waals surface area (Å²) in [5.41, 5.74) is 4.81. The van der Waals surface area contributed by atoms with Crippen molar-refractivity contribution in [2.45, 2.75) is 18.9 Å². The van der Waals surface area contributed by atoms with Crippen LogP contribution in [0.15, 0.2) is 70.0 Å². The zero-order valence-electron chi connectivity index (χ0n) is 21.4. The number of aromatic hydroxyl groups is 1. The van der Waals surface area contributed by atoms with Gasteiger partial charge in [0.1, 0.15) is 0 Å². The van der Waals surface area contributed by atoms with Gasteiger partial charge in [0.15, 0.2) is 16.3 Å². The molecule has 0 amide bonds. The van der Waals surface area contributed by atoms with Crippen LogP contribution in [-0.2, 0) is 6.42 Å². The van der Waals surface area contributed by atoms with Crippen molar-refractivity contribution in [1.29, 1.82) is 0 Å². The van der Waals surface area contributed by atoms with Gasteiger partial charge in [0.05, 0.1) is 39.0 Å². The first-order chi connectivity index (χ1) is 19.3. The van der Waals surface area contributed by atoms with Gasteiger partial charge in [-0.2, -0.15) is 0 Å². The molecule has 0 fully saturated rings. The summed E-state index contributed by atoms with van der Waals surface area (Å²) < 4.78 is 13.4. The van der Waals surface area contributed by atoms with E-state index in [1.54, 1.807) is 30.9 Å². The van der Waals surface area contributed by atoms with E-state index < -0.39 is 22.4 Å². The van der Waals surface area contributed by atoms with Crippen LogP contribution in [0.25, 0.3) is 11.8 Å². The van der Waals surface area contributed by atoms with Gasteiger partial charge in [0.25, 0.3) is 5.56 Å². The molecule has 1 atom stereocenters. The summed E-state index contributed by atoms with van der Waals surface area (Å²) in [6, 6.07) is 16.3. The number of benzene rings is 3. The van der Waals surface area contributed by atoms with Crippen LogP contribution in [-0.4, -0.2) is 28.8 Å². The molecule has 0 saturated heterocycles. The highest BCUT2D eigenvalue weighted by Gasteiger charge is 2.33. The van der Waals surface area contributed by atoms with Crippen molar-refractivity contribution in [3.63, 3.8) is 0 Å². The summed E-state index contributed by atoms with van der Waals surface area (Å²) in [4.78, 5) is 30.4. The first-order valence-electron chi connectivity index (χ1n) is 12.3. The highest BCUT2D eigenvalue weighted by atomic mass is 127. The molecule has 6 rings (SSSR count). The minimum absolute atomic E-state index is 0.250. The van der Waals surface area contributed by atoms with Gasteiger partial charge in [-0.05, 0) is 82.0 Å². The van der Waals surface area contributed by atoms with Gasteiger partial charge in [-0.15, -0.1) is 0 Å². The Hall–Kier alpha value is -3.97. The molecule has 0 bridgehead atoms. The van der Waals surface area contributed by atoms with Crippen LogP contribution in [0.4, 0.5) is 5.69 Å². The Morgan fingerprint density at radius 3 is 2.65 bits per heavy atom. The normalized spacial score (nSPS) is 16.1. The molecule has 2 heterocycles. The number of thiazole rings is 1. The first kappa shape index (κ1) is 26.3. The Bertz CT molecular complexity index is 1930. The molecule has 202 valence electrons. The average Bonchev–Trinajstić information content (AvgIpc) is 3.27. The number of methoxy groups -OCH3 is 2. The molecular weight excluding hydrogens is 645 g/mol. The minimum atomic E-state index is -0.640. The van der Waals surface area contributed by atoms with Crippen molar-refractivity contribution in [3.8, 4) is 17.2 Å². The Balaban J connectivity index is 1.61. The minimum Gasteiger partial charge on any atom is -0.501 e. The predicted molar refractivity (Wildman–Crippen MR) is 160 cm³/mol. The van der Waals surface area contributed by atoms with E-state index in [4.69, 9.17) is 14.5 Å². The molecule has 0 spiro atoms. The van der Waals surface area contributed by atoms with E-state index in [1.807, 2.05) is 52.9 Å². The summed E-state index contributed by atoms with van der Waals surface area (Å²) >= 11 is 3.07. The maximum Gasteiger partial charge on any atom is 0.312 e. The number of halogens is 1. The van der Waals surface area contributed by atoms with Gasteiger partial charge < -0.3 is 14.6 Å². The lowest BCUT2D eigenvalue weighted by Crippen LogP contribution is -2.38. The molecule has 0 radical (unpaired) electrons. The Labute approximate surface area is 245 Å². The van der Waals surface area contributed by atoms with Gasteiger partial charge in [-0.1, -0.05) is 41.7 Å². The van der Waals surface area contributed by atoms with Gasteiger partial charge in [-0.3, -0.25) is 19.5 Å². The average molecular weight is 667 g/mol. The Kier molecular flexibility index (Phi) is 6.70. The van der Waals surface area contributed by atoms with E-state index in [0.717, 1.165) is 35.2 Å². The number of rotatable bonds is 5. The van der Waals surface area contributed by atoms with Crippen molar-refractivity contribution < 1.29 is 19.5 Å². The molecule has 4 aromatic rings. The fourth-order valence-electron chi connectivity index (χ4n) is 5.32. The lowest BCUT2D eigenvalue weighted by Gasteiger charge is -2.31. The zero-order chi connectivity index (χ0) is 28.1. The van der Waals surface area contributed by atoms with Crippen molar-refractivity contribution in [2.75, 3.05) is 14.2 Å². The number of hydrogen-bond acceptors (Lipinski definition) is 8. The number of phenols is 1. The summed E-state index contributed by atoms with van der Waals surface area (Å²) in [7, 11) is 3.15. The van der Waals surface area contributed by atoms with Crippen LogP contribution in [0.1, 0.15) is 34.7 Å². The smallest absolute Gasteiger partial charge is 0.312 e. The van der Waals surface area contributed by atoms with Crippen molar-refractivity contribution in [1.82, 2.24) is 4.57 Å². The Morgan fingerprint density at radius 2 is 1.90 bits per heavy atom. The van der Waals surface area contributed by atoms with Crippen LogP contribution in [0, 0.1) is 13.7 Å². The molecular formula is C29H22IN3O6S. The fourth-order valence-corrected chi connectivity index (χ4v) is 6.96. The van der Waals surface area contributed by atoms with Crippen LogP contribution in [0.2, 0.25) is 0 Å². The van der Waals surface area contributed by atoms with Gasteiger partial charge in [-0.25, -0.2) is 4.99 Å². The number of hydrogen-bond donors (Lipinski definition) is 1. The number of aryl methyl sites for hydroxylation is 1. The molecule has 1 aromatic heterocycles. The maximum atomic E-state index is 14.0. The third kappa shape index (κ3) is 4.29. The second kappa shape index (κ2) is 10.2. The highest BCUT2D eigenvalue weighted by molar-refractivity contribution is 14.1. The molecule has 40 heavy (non-hydrogen) atoms. The molecule has 0 saturated carbocycles. The third-order valence-corrected chi connectivity index (χ3v) is 8.96. The number of nitro benzene ring substituents is 1. The summed E-state index contributed by atoms with van der Waals surface area (Å²) in [6.45, 7) is 0. The predicted octanol–water partition coefficient (Wildman–Crippen LogP) is 4.55. The number of fused-ring (bicyclic) bond motifs is 3. The number of aromatic nitrogens is 1. The summed E-state index contributed by atoms with van der Waals surface area (Å²) in [5, 5.41) is 21.6. The van der Waals surface area contributed by atoms with E-state index in [2.05, 4.69) is 12.1 Å². The van der Waals surface area contributed by atoms with Gasteiger partial charge in [0.2, 0.25) is 5.75 Å². The van der Waals surface area contributed by atoms with Crippen molar-refractivity contribution in [3.05, 3.63) is 116 Å². The van der Waals surface area contributed by atoms with Crippen LogP contribution < -0.4 is 24.4 Å². The van der Waals surface area contributed by atoms with Crippen molar-refractivity contribution in [2.24, 2.45) is 4.99 Å². The van der Waals surface area contributed by atoms with E-state index in [-0.39, 0.29) is 5.56 Å². The lowest BCUT2D eigenvalue weighted by atomic mass is 9.83. The highest BCUT2D eigenvalue weighted by Crippen LogP contribution is 2.43. The number of nitrogens with zero attached hydrogens (tertiary/aromatic N) is 3. The topological polar surface area (TPSA) is 116 Å². The monoisotopic (exact) mass is 667 g/mol. The molecule has 1 N–H and O–H groups in total. The standard InChI is InChI=1S/C29H22IN3O6S/c1-38-22-10-8-17(14-23(22)39-2)26-19-9-7-16-5-3-4-6-18(16)25(19)31-29-32(26)28(35)24(40-29)13-15-11-20(30)27(34)21(12-15)33(36)37/h3-6,8,10-14,26,34H,7,9H2,1-2H3/b24-13-/t26-/m1/s1. The second-order valence-electron chi connectivity index (χ2n) is 9.36. The molecule has 3 aromatic carbocycles. The van der Waals surface area contributed by atoms with E-state index >= 15 is 0 Å². The SMILES string of the molecule is COc1ccc([C@@H]2C3=C(N=c4s/c(=C\c5cc(I)c(O)c([N+](=O)[O-])c5)c(=O)n42)c2ccccc2CC3)cc1OC. The molecule has 1 aliphatic heterocycles. The molecule has 1 aliphatic carbocycles. The van der Waals surface area contributed by atoms with E-state index in [9.17, 15) is 20.0 Å². The van der Waals surface area contributed by atoms with Gasteiger partial charge in [0, 0.05) is 11.6 Å². The first-order valence-corrected chi connectivity index (χ1v) is 14.2. The third-order valence-electron chi connectivity index (χ3n) is 7.16. The largest absolute Gasteiger partial charge is 0.501 e. The van der Waals surface area contributed by atoms with E-state index in [0.29, 0.717) is 30.0 Å². The number of phenolic OH excluding ortho intramolecular Hbond substituents is 1. The zero-order valence-corrected chi connectivity index (χ0v) is 24.4. The van der Waals surface area contributed by atoms with Crippen LogP contribution in [0.5, 0.6) is 17.2 Å².